The van der Waals surface area contributed by atoms with E-state index < -0.39 is 16.1 Å². The number of hydrogen-bond acceptors (Lipinski definition) is 6. The predicted octanol–water partition coefficient (Wildman–Crippen LogP) is 3.55. The average molecular weight is 481 g/mol. The molecule has 2 heterocycles. The highest BCUT2D eigenvalue weighted by atomic mass is 79.9. The van der Waals surface area contributed by atoms with Gasteiger partial charge >= 0.3 is 0 Å². The molecule has 0 bridgehead atoms. The molecule has 1 N–H and O–H groups in total. The van der Waals surface area contributed by atoms with Crippen LogP contribution in [0.15, 0.2) is 45.8 Å². The molecule has 1 fully saturated rings. The van der Waals surface area contributed by atoms with Crippen molar-refractivity contribution in [3.8, 4) is 0 Å². The van der Waals surface area contributed by atoms with Crippen LogP contribution in [0.3, 0.4) is 0 Å². The van der Waals surface area contributed by atoms with Crippen LogP contribution < -0.4 is 5.32 Å². The fraction of sp³-hybridized carbons (Fsp3) is 0.278. The number of benzene rings is 2. The molecule has 7 nitrogen and oxygen atoms in total. The summed E-state index contributed by atoms with van der Waals surface area (Å²) in [6.45, 7) is 2.22. The summed E-state index contributed by atoms with van der Waals surface area (Å²) in [6.07, 6.45) is 1.10. The number of carbonyl (C=O) groups is 1. The maximum absolute atomic E-state index is 13.3. The quantitative estimate of drug-likeness (QED) is 0.616. The third-order valence-corrected chi connectivity index (χ3v) is 8.14. The van der Waals surface area contributed by atoms with E-state index in [0.29, 0.717) is 36.1 Å². The first-order valence-corrected chi connectivity index (χ1v) is 11.6. The van der Waals surface area contributed by atoms with E-state index in [1.807, 2.05) is 19.1 Å². The van der Waals surface area contributed by atoms with Crippen LogP contribution in [0, 0.1) is 6.92 Å². The third kappa shape index (κ3) is 3.45. The zero-order chi connectivity index (χ0) is 19.9. The van der Waals surface area contributed by atoms with Gasteiger partial charge in [-0.25, -0.2) is 8.42 Å². The molecule has 1 saturated heterocycles. The lowest BCUT2D eigenvalue weighted by Gasteiger charge is -2.23. The highest BCUT2D eigenvalue weighted by Gasteiger charge is 2.40. The van der Waals surface area contributed by atoms with Gasteiger partial charge in [0.25, 0.3) is 0 Å². The first kappa shape index (κ1) is 19.4. The minimum Gasteiger partial charge on any atom is -0.325 e. The van der Waals surface area contributed by atoms with Crippen molar-refractivity contribution in [2.45, 2.75) is 30.7 Å². The van der Waals surface area contributed by atoms with Crippen molar-refractivity contribution in [2.75, 3.05) is 11.9 Å². The monoisotopic (exact) mass is 480 g/mol. The summed E-state index contributed by atoms with van der Waals surface area (Å²) in [4.78, 5) is 13.0. The lowest BCUT2D eigenvalue weighted by Crippen LogP contribution is -2.43. The second-order valence-electron chi connectivity index (χ2n) is 6.62. The van der Waals surface area contributed by atoms with Gasteiger partial charge in [-0.05, 0) is 55.7 Å². The number of rotatable bonds is 4. The van der Waals surface area contributed by atoms with Crippen molar-refractivity contribution >= 4 is 60.3 Å². The predicted molar refractivity (Wildman–Crippen MR) is 112 cm³/mol. The molecule has 1 aliphatic heterocycles. The molecule has 0 unspecified atom stereocenters. The smallest absolute Gasteiger partial charge is 0.246 e. The van der Waals surface area contributed by atoms with Crippen LogP contribution in [0.5, 0.6) is 0 Å². The Balaban J connectivity index is 1.63. The number of aromatic nitrogens is 2. The molecule has 0 radical (unpaired) electrons. The van der Waals surface area contributed by atoms with Crippen LogP contribution in [0.2, 0.25) is 0 Å². The number of amides is 1. The molecule has 3 aromatic rings. The van der Waals surface area contributed by atoms with E-state index >= 15 is 0 Å². The normalized spacial score (nSPS) is 17.9. The van der Waals surface area contributed by atoms with Gasteiger partial charge in [-0.1, -0.05) is 22.0 Å². The third-order valence-electron chi connectivity index (χ3n) is 4.77. The number of fused-ring (bicyclic) bond motifs is 1. The van der Waals surface area contributed by atoms with Crippen LogP contribution >= 0.6 is 27.7 Å². The molecule has 4 rings (SSSR count). The zero-order valence-corrected chi connectivity index (χ0v) is 18.1. The average Bonchev–Trinajstić information content (AvgIpc) is 3.33. The SMILES string of the molecule is Cc1cc(NC(=O)[C@@H]2CCCN2S(=O)(=O)c2cccc3nsnc23)ccc1Br. The topological polar surface area (TPSA) is 92.3 Å². The Labute approximate surface area is 175 Å². The number of anilines is 1. The van der Waals surface area contributed by atoms with Gasteiger partial charge in [-0.3, -0.25) is 4.79 Å². The number of halogens is 1. The number of sulfonamides is 1. The molecule has 10 heteroatoms. The van der Waals surface area contributed by atoms with E-state index in [2.05, 4.69) is 30.0 Å². The van der Waals surface area contributed by atoms with Crippen molar-refractivity contribution in [3.63, 3.8) is 0 Å². The number of aryl methyl sites for hydroxylation is 1. The van der Waals surface area contributed by atoms with Crippen LogP contribution in [-0.4, -0.2) is 40.0 Å². The van der Waals surface area contributed by atoms with Gasteiger partial charge < -0.3 is 5.32 Å². The standard InChI is InChI=1S/C18H17BrN4O3S2/c1-11-10-12(7-8-13(11)19)20-18(24)15-5-3-9-23(15)28(25,26)16-6-2-4-14-17(16)22-27-21-14/h2,4,6-8,10,15H,3,5,9H2,1H3,(H,20,24)/t15-/m0/s1. The summed E-state index contributed by atoms with van der Waals surface area (Å²) in [5, 5.41) is 2.85. The minimum absolute atomic E-state index is 0.0953. The van der Waals surface area contributed by atoms with Gasteiger partial charge in [0, 0.05) is 16.7 Å². The molecule has 1 amide bonds. The first-order chi connectivity index (χ1) is 13.4. The van der Waals surface area contributed by atoms with Crippen molar-refractivity contribution in [3.05, 3.63) is 46.4 Å². The summed E-state index contributed by atoms with van der Waals surface area (Å²) in [7, 11) is -3.87. The van der Waals surface area contributed by atoms with Gasteiger partial charge in [-0.15, -0.1) is 0 Å². The Morgan fingerprint density at radius 2 is 2.11 bits per heavy atom. The molecule has 0 aliphatic carbocycles. The Hall–Kier alpha value is -1.88. The molecule has 0 spiro atoms. The van der Waals surface area contributed by atoms with Crippen LogP contribution in [0.4, 0.5) is 5.69 Å². The van der Waals surface area contributed by atoms with Crippen LogP contribution in [0.1, 0.15) is 18.4 Å². The molecular weight excluding hydrogens is 464 g/mol. The van der Waals surface area contributed by atoms with E-state index in [-0.39, 0.29) is 10.8 Å². The van der Waals surface area contributed by atoms with Gasteiger partial charge in [-0.2, -0.15) is 13.1 Å². The van der Waals surface area contributed by atoms with E-state index in [1.165, 1.54) is 10.4 Å². The number of nitrogens with zero attached hydrogens (tertiary/aromatic N) is 3. The maximum atomic E-state index is 13.3. The number of hydrogen-bond donors (Lipinski definition) is 1. The molecule has 2 aromatic carbocycles. The maximum Gasteiger partial charge on any atom is 0.246 e. The molecule has 1 aliphatic rings. The molecular formula is C18H17BrN4O3S2. The van der Waals surface area contributed by atoms with Crippen LogP contribution in [-0.2, 0) is 14.8 Å². The Bertz CT molecular complexity index is 1160. The molecule has 1 atom stereocenters. The zero-order valence-electron chi connectivity index (χ0n) is 14.9. The summed E-state index contributed by atoms with van der Waals surface area (Å²) in [5.74, 6) is -0.327. The summed E-state index contributed by atoms with van der Waals surface area (Å²) in [6, 6.07) is 9.61. The summed E-state index contributed by atoms with van der Waals surface area (Å²) in [5.41, 5.74) is 2.51. The van der Waals surface area contributed by atoms with Gasteiger partial charge in [0.1, 0.15) is 22.0 Å². The van der Waals surface area contributed by atoms with Gasteiger partial charge in [0.2, 0.25) is 15.9 Å². The molecule has 146 valence electrons. The van der Waals surface area contributed by atoms with E-state index in [1.54, 1.807) is 18.2 Å². The summed E-state index contributed by atoms with van der Waals surface area (Å²) < 4.78 is 37.0. The Morgan fingerprint density at radius 1 is 1.29 bits per heavy atom. The minimum atomic E-state index is -3.87. The lowest BCUT2D eigenvalue weighted by atomic mass is 10.2. The van der Waals surface area contributed by atoms with E-state index in [4.69, 9.17) is 0 Å². The fourth-order valence-corrected chi connectivity index (χ4v) is 6.01. The second-order valence-corrected chi connectivity index (χ2v) is 9.86. The molecule has 1 aromatic heterocycles. The van der Waals surface area contributed by atoms with Gasteiger partial charge in [0.05, 0.1) is 11.7 Å². The number of nitrogens with one attached hydrogen (secondary N) is 1. The highest BCUT2D eigenvalue weighted by molar-refractivity contribution is 9.10. The largest absolute Gasteiger partial charge is 0.325 e. The van der Waals surface area contributed by atoms with Crippen molar-refractivity contribution in [1.29, 1.82) is 0 Å². The van der Waals surface area contributed by atoms with E-state index in [0.717, 1.165) is 21.8 Å². The number of carbonyl (C=O) groups excluding carboxylic acids is 1. The Kier molecular flexibility index (Phi) is 5.21. The molecule has 28 heavy (non-hydrogen) atoms. The van der Waals surface area contributed by atoms with Crippen molar-refractivity contribution in [2.24, 2.45) is 0 Å². The lowest BCUT2D eigenvalue weighted by molar-refractivity contribution is -0.119. The summed E-state index contributed by atoms with van der Waals surface area (Å²) >= 11 is 4.40. The van der Waals surface area contributed by atoms with Gasteiger partial charge in [0.15, 0.2) is 0 Å². The first-order valence-electron chi connectivity index (χ1n) is 8.68. The van der Waals surface area contributed by atoms with Crippen molar-refractivity contribution in [1.82, 2.24) is 13.1 Å². The highest BCUT2D eigenvalue weighted by Crippen LogP contribution is 2.30. The Morgan fingerprint density at radius 3 is 2.89 bits per heavy atom. The van der Waals surface area contributed by atoms with E-state index in [9.17, 15) is 13.2 Å². The second kappa shape index (κ2) is 7.51. The van der Waals surface area contributed by atoms with Crippen molar-refractivity contribution < 1.29 is 13.2 Å². The van der Waals surface area contributed by atoms with Crippen LogP contribution in [0.25, 0.3) is 11.0 Å². The molecule has 0 saturated carbocycles. The fourth-order valence-electron chi connectivity index (χ4n) is 3.35.